The van der Waals surface area contributed by atoms with Crippen LogP contribution in [0.25, 0.3) is 0 Å². The zero-order valence-corrected chi connectivity index (χ0v) is 12.7. The molecule has 0 fully saturated rings. The summed E-state index contributed by atoms with van der Waals surface area (Å²) < 4.78 is 0. The van der Waals surface area contributed by atoms with E-state index in [-0.39, 0.29) is 23.9 Å². The maximum Gasteiger partial charge on any atom is 0.234 e. The van der Waals surface area contributed by atoms with Crippen LogP contribution in [0.4, 0.5) is 0 Å². The molecule has 2 atom stereocenters. The van der Waals surface area contributed by atoms with Crippen LogP contribution in [-0.2, 0) is 4.79 Å². The molecule has 3 N–H and O–H groups in total. The lowest BCUT2D eigenvalue weighted by Crippen LogP contribution is -2.43. The zero-order valence-electron chi connectivity index (χ0n) is 12.7. The highest BCUT2D eigenvalue weighted by Crippen LogP contribution is 2.20. The van der Waals surface area contributed by atoms with Gasteiger partial charge in [0.2, 0.25) is 5.91 Å². The van der Waals surface area contributed by atoms with Gasteiger partial charge in [0.25, 0.3) is 0 Å². The average molecular weight is 258 g/mol. The molecule has 2 unspecified atom stereocenters. The molecule has 18 heavy (non-hydrogen) atoms. The molecule has 0 saturated carbocycles. The number of carbonyl (C=O) groups is 1. The first-order valence-electron chi connectivity index (χ1n) is 6.80. The number of nitrogens with one attached hydrogen (secondary N) is 2. The lowest BCUT2D eigenvalue weighted by molar-refractivity contribution is -0.121. The minimum absolute atomic E-state index is 0.0147. The molecule has 0 bridgehead atoms. The van der Waals surface area contributed by atoms with Crippen molar-refractivity contribution in [1.29, 1.82) is 0 Å². The van der Waals surface area contributed by atoms with Gasteiger partial charge in [0.05, 0.1) is 12.6 Å². The molecule has 0 heterocycles. The predicted octanol–water partition coefficient (Wildman–Crippen LogP) is 1.53. The summed E-state index contributed by atoms with van der Waals surface area (Å²) in [5, 5.41) is 15.7. The van der Waals surface area contributed by atoms with Crippen LogP contribution in [0.1, 0.15) is 48.0 Å². The molecule has 0 saturated heterocycles. The van der Waals surface area contributed by atoms with Gasteiger partial charge >= 0.3 is 0 Å². The maximum atomic E-state index is 11.6. The summed E-state index contributed by atoms with van der Waals surface area (Å²) in [5.74, 6) is 0.416. The highest BCUT2D eigenvalue weighted by Gasteiger charge is 2.16. The first kappa shape index (κ1) is 17.4. The van der Waals surface area contributed by atoms with E-state index in [1.54, 1.807) is 0 Å². The quantitative estimate of drug-likeness (QED) is 0.649. The molecule has 0 aliphatic rings. The number of aliphatic hydroxyl groups is 1. The number of aliphatic hydroxyl groups excluding tert-OH is 1. The minimum Gasteiger partial charge on any atom is -0.392 e. The fourth-order valence-electron chi connectivity index (χ4n) is 1.60. The molecule has 0 spiro atoms. The molecule has 0 aliphatic carbocycles. The third-order valence-corrected chi connectivity index (χ3v) is 2.90. The van der Waals surface area contributed by atoms with Gasteiger partial charge in [-0.2, -0.15) is 0 Å². The van der Waals surface area contributed by atoms with Gasteiger partial charge in [-0.1, -0.05) is 34.6 Å². The fraction of sp³-hybridized carbons (Fsp3) is 0.929. The van der Waals surface area contributed by atoms with E-state index in [1.165, 1.54) is 0 Å². The van der Waals surface area contributed by atoms with Gasteiger partial charge in [0, 0.05) is 12.6 Å². The molecule has 0 aliphatic heterocycles. The Morgan fingerprint density at radius 1 is 1.22 bits per heavy atom. The highest BCUT2D eigenvalue weighted by atomic mass is 16.3. The van der Waals surface area contributed by atoms with Gasteiger partial charge in [-0.05, 0) is 24.7 Å². The van der Waals surface area contributed by atoms with Crippen LogP contribution in [-0.4, -0.2) is 36.2 Å². The number of carbonyl (C=O) groups excluding carboxylic acids is 1. The highest BCUT2D eigenvalue weighted by molar-refractivity contribution is 5.78. The van der Waals surface area contributed by atoms with E-state index in [2.05, 4.69) is 45.3 Å². The third-order valence-electron chi connectivity index (χ3n) is 2.90. The summed E-state index contributed by atoms with van der Waals surface area (Å²) in [5.41, 5.74) is 0.107. The standard InChI is InChI=1S/C14H30N2O2/c1-10(2)11(3)16-13(18)9-15-8-12(17)7-14(4,5)6/h10-12,15,17H,7-9H2,1-6H3,(H,16,18). The van der Waals surface area contributed by atoms with Gasteiger partial charge in [0.1, 0.15) is 0 Å². The molecule has 0 rings (SSSR count). The minimum atomic E-state index is -0.402. The molecule has 0 aromatic heterocycles. The lowest BCUT2D eigenvalue weighted by atomic mass is 9.89. The summed E-state index contributed by atoms with van der Waals surface area (Å²) in [6.07, 6.45) is 0.324. The Labute approximate surface area is 112 Å². The van der Waals surface area contributed by atoms with Crippen molar-refractivity contribution in [2.75, 3.05) is 13.1 Å². The van der Waals surface area contributed by atoms with Gasteiger partial charge in [0.15, 0.2) is 0 Å². The topological polar surface area (TPSA) is 61.4 Å². The van der Waals surface area contributed by atoms with Crippen molar-refractivity contribution in [3.05, 3.63) is 0 Å². The van der Waals surface area contributed by atoms with E-state index in [1.807, 2.05) is 6.92 Å². The third kappa shape index (κ3) is 9.42. The molecule has 0 radical (unpaired) electrons. The Morgan fingerprint density at radius 2 is 1.78 bits per heavy atom. The van der Waals surface area contributed by atoms with Gasteiger partial charge in [-0.25, -0.2) is 0 Å². The molecular formula is C14H30N2O2. The summed E-state index contributed by atoms with van der Waals surface area (Å²) in [4.78, 5) is 11.6. The van der Waals surface area contributed by atoms with Crippen LogP contribution in [0, 0.1) is 11.3 Å². The predicted molar refractivity (Wildman–Crippen MR) is 75.4 cm³/mol. The largest absolute Gasteiger partial charge is 0.392 e. The van der Waals surface area contributed by atoms with E-state index in [4.69, 9.17) is 0 Å². The van der Waals surface area contributed by atoms with Crippen LogP contribution in [0.5, 0.6) is 0 Å². The van der Waals surface area contributed by atoms with Gasteiger partial charge in [-0.3, -0.25) is 4.79 Å². The summed E-state index contributed by atoms with van der Waals surface area (Å²) in [6.45, 7) is 13.1. The number of hydrogen-bond donors (Lipinski definition) is 3. The molecule has 1 amide bonds. The van der Waals surface area contributed by atoms with Crippen molar-refractivity contribution in [2.24, 2.45) is 11.3 Å². The van der Waals surface area contributed by atoms with Crippen LogP contribution in [0.3, 0.4) is 0 Å². The zero-order chi connectivity index (χ0) is 14.3. The van der Waals surface area contributed by atoms with Gasteiger partial charge < -0.3 is 15.7 Å². The Balaban J connectivity index is 3.75. The van der Waals surface area contributed by atoms with Crippen molar-refractivity contribution in [2.45, 2.75) is 60.1 Å². The van der Waals surface area contributed by atoms with Crippen molar-refractivity contribution < 1.29 is 9.90 Å². The van der Waals surface area contributed by atoms with Crippen LogP contribution >= 0.6 is 0 Å². The first-order valence-corrected chi connectivity index (χ1v) is 6.80. The monoisotopic (exact) mass is 258 g/mol. The van der Waals surface area contributed by atoms with E-state index >= 15 is 0 Å². The summed E-state index contributed by atoms with van der Waals surface area (Å²) in [7, 11) is 0. The molecular weight excluding hydrogens is 228 g/mol. The number of hydrogen-bond acceptors (Lipinski definition) is 3. The molecule has 108 valence electrons. The van der Waals surface area contributed by atoms with Crippen LogP contribution < -0.4 is 10.6 Å². The fourth-order valence-corrected chi connectivity index (χ4v) is 1.60. The summed E-state index contributed by atoms with van der Waals surface area (Å²) in [6, 6.07) is 0.179. The molecule has 4 nitrogen and oxygen atoms in total. The molecule has 4 heteroatoms. The van der Waals surface area contributed by atoms with Crippen molar-refractivity contribution in [3.63, 3.8) is 0 Å². The summed E-state index contributed by atoms with van der Waals surface area (Å²) >= 11 is 0. The van der Waals surface area contributed by atoms with Crippen LogP contribution in [0.15, 0.2) is 0 Å². The van der Waals surface area contributed by atoms with Crippen molar-refractivity contribution in [1.82, 2.24) is 10.6 Å². The van der Waals surface area contributed by atoms with Crippen molar-refractivity contribution in [3.8, 4) is 0 Å². The van der Waals surface area contributed by atoms with E-state index < -0.39 is 6.10 Å². The second-order valence-electron chi connectivity index (χ2n) is 6.65. The first-order chi connectivity index (χ1) is 8.11. The second-order valence-corrected chi connectivity index (χ2v) is 6.65. The second kappa shape index (κ2) is 7.74. The van der Waals surface area contributed by atoms with Crippen molar-refractivity contribution >= 4 is 5.91 Å². The average Bonchev–Trinajstić information content (AvgIpc) is 2.14. The van der Waals surface area contributed by atoms with E-state index in [0.717, 1.165) is 6.42 Å². The van der Waals surface area contributed by atoms with Gasteiger partial charge in [-0.15, -0.1) is 0 Å². The Morgan fingerprint density at radius 3 is 2.22 bits per heavy atom. The Kier molecular flexibility index (Phi) is 7.48. The lowest BCUT2D eigenvalue weighted by Gasteiger charge is -2.22. The maximum absolute atomic E-state index is 11.6. The molecule has 0 aromatic carbocycles. The van der Waals surface area contributed by atoms with Crippen LogP contribution in [0.2, 0.25) is 0 Å². The SMILES string of the molecule is CC(C)C(C)NC(=O)CNCC(O)CC(C)(C)C. The smallest absolute Gasteiger partial charge is 0.234 e. The van der Waals surface area contributed by atoms with E-state index in [9.17, 15) is 9.90 Å². The number of amides is 1. The van der Waals surface area contributed by atoms with E-state index in [0.29, 0.717) is 12.5 Å². The molecule has 0 aromatic rings. The Hall–Kier alpha value is -0.610. The number of rotatable bonds is 7. The normalized spacial score (nSPS) is 15.6. The Bertz CT molecular complexity index is 247.